The van der Waals surface area contributed by atoms with E-state index in [-0.39, 0.29) is 6.61 Å². The van der Waals surface area contributed by atoms with Gasteiger partial charge < -0.3 is 15.8 Å². The highest BCUT2D eigenvalue weighted by Gasteiger charge is 1.93. The van der Waals surface area contributed by atoms with Crippen LogP contribution in [-0.2, 0) is 9.53 Å². The Hall–Kier alpha value is -0.390. The molecule has 0 rings (SSSR count). The lowest BCUT2D eigenvalue weighted by Gasteiger charge is -2.03. The van der Waals surface area contributed by atoms with E-state index >= 15 is 0 Å². The Labute approximate surface area is 80.3 Å². The summed E-state index contributed by atoms with van der Waals surface area (Å²) in [5, 5.41) is 3.04. The van der Waals surface area contributed by atoms with Crippen molar-refractivity contribution in [3.63, 3.8) is 0 Å². The zero-order valence-electron chi connectivity index (χ0n) is 6.81. The number of carbonyl (C=O) groups is 1. The molecule has 0 aliphatic heterocycles. The summed E-state index contributed by atoms with van der Waals surface area (Å²) in [7, 11) is 0. The molecule has 0 aromatic carbocycles. The molecule has 0 aromatic heterocycles. The SMILES string of the molecule is C=C(Br)CNCCOCC(N)=O. The number of nitrogens with two attached hydrogens (primary N) is 1. The number of amides is 1. The third kappa shape index (κ3) is 9.61. The van der Waals surface area contributed by atoms with Gasteiger partial charge in [-0.3, -0.25) is 4.79 Å². The Morgan fingerprint density at radius 3 is 2.83 bits per heavy atom. The minimum Gasteiger partial charge on any atom is -0.370 e. The highest BCUT2D eigenvalue weighted by molar-refractivity contribution is 9.11. The lowest BCUT2D eigenvalue weighted by molar-refractivity contribution is -0.122. The first-order valence-corrected chi connectivity index (χ1v) is 4.32. The van der Waals surface area contributed by atoms with Gasteiger partial charge in [0, 0.05) is 17.6 Å². The predicted octanol–water partition coefficient (Wildman–Crippen LogP) is -0.0135. The normalized spacial score (nSPS) is 9.75. The van der Waals surface area contributed by atoms with E-state index in [9.17, 15) is 4.79 Å². The van der Waals surface area contributed by atoms with Gasteiger partial charge >= 0.3 is 0 Å². The van der Waals surface area contributed by atoms with E-state index in [2.05, 4.69) is 27.8 Å². The molecule has 0 bridgehead atoms. The number of hydrogen-bond acceptors (Lipinski definition) is 3. The van der Waals surface area contributed by atoms with Gasteiger partial charge in [0.25, 0.3) is 0 Å². The molecule has 4 nitrogen and oxygen atoms in total. The van der Waals surface area contributed by atoms with Crippen molar-refractivity contribution >= 4 is 21.8 Å². The molecule has 70 valence electrons. The maximum atomic E-state index is 10.2. The summed E-state index contributed by atoms with van der Waals surface area (Å²) in [6.07, 6.45) is 0. The number of carbonyl (C=O) groups excluding carboxylic acids is 1. The fourth-order valence-corrected chi connectivity index (χ4v) is 0.739. The molecule has 3 N–H and O–H groups in total. The maximum Gasteiger partial charge on any atom is 0.243 e. The molecule has 0 saturated heterocycles. The Morgan fingerprint density at radius 1 is 1.67 bits per heavy atom. The molecule has 0 unspecified atom stereocenters. The van der Waals surface area contributed by atoms with Crippen molar-refractivity contribution < 1.29 is 9.53 Å². The van der Waals surface area contributed by atoms with Crippen LogP contribution < -0.4 is 11.1 Å². The number of primary amides is 1. The van der Waals surface area contributed by atoms with Crippen LogP contribution in [0.1, 0.15) is 0 Å². The molecule has 0 saturated carbocycles. The zero-order chi connectivity index (χ0) is 9.40. The molecule has 0 fully saturated rings. The lowest BCUT2D eigenvalue weighted by atomic mass is 10.6. The number of nitrogens with one attached hydrogen (secondary N) is 1. The second-order valence-electron chi connectivity index (χ2n) is 2.21. The molecule has 0 aromatic rings. The fraction of sp³-hybridized carbons (Fsp3) is 0.571. The first-order valence-electron chi connectivity index (χ1n) is 3.53. The molecule has 0 radical (unpaired) electrons. The van der Waals surface area contributed by atoms with E-state index in [0.717, 1.165) is 4.48 Å². The van der Waals surface area contributed by atoms with Crippen molar-refractivity contribution in [3.8, 4) is 0 Å². The van der Waals surface area contributed by atoms with E-state index in [4.69, 9.17) is 10.5 Å². The number of rotatable bonds is 7. The van der Waals surface area contributed by atoms with Gasteiger partial charge in [0.15, 0.2) is 0 Å². The molecule has 0 aliphatic rings. The third-order valence-electron chi connectivity index (χ3n) is 0.984. The first kappa shape index (κ1) is 11.6. The Morgan fingerprint density at radius 2 is 2.33 bits per heavy atom. The minimum atomic E-state index is -0.445. The molecule has 0 spiro atoms. The van der Waals surface area contributed by atoms with E-state index in [0.29, 0.717) is 19.7 Å². The topological polar surface area (TPSA) is 64.3 Å². The summed E-state index contributed by atoms with van der Waals surface area (Å²) >= 11 is 3.19. The number of ether oxygens (including phenoxy) is 1. The Balaban J connectivity index is 3.01. The average Bonchev–Trinajstić information content (AvgIpc) is 1.95. The molecule has 0 heterocycles. The molecule has 12 heavy (non-hydrogen) atoms. The quantitative estimate of drug-likeness (QED) is 0.612. The lowest BCUT2D eigenvalue weighted by Crippen LogP contribution is -2.24. The second-order valence-corrected chi connectivity index (χ2v) is 3.33. The van der Waals surface area contributed by atoms with Crippen molar-refractivity contribution in [1.29, 1.82) is 0 Å². The van der Waals surface area contributed by atoms with Gasteiger partial charge in [0.2, 0.25) is 5.91 Å². The van der Waals surface area contributed by atoms with Crippen LogP contribution in [0.5, 0.6) is 0 Å². The Bertz CT molecular complexity index is 143. The first-order chi connectivity index (χ1) is 5.63. The van der Waals surface area contributed by atoms with Crippen LogP contribution in [-0.4, -0.2) is 32.2 Å². The van der Waals surface area contributed by atoms with Crippen molar-refractivity contribution in [2.45, 2.75) is 0 Å². The van der Waals surface area contributed by atoms with Gasteiger partial charge in [-0.1, -0.05) is 22.5 Å². The highest BCUT2D eigenvalue weighted by atomic mass is 79.9. The zero-order valence-corrected chi connectivity index (χ0v) is 8.39. The van der Waals surface area contributed by atoms with Crippen molar-refractivity contribution in [2.24, 2.45) is 5.73 Å². The van der Waals surface area contributed by atoms with E-state index in [1.165, 1.54) is 0 Å². The summed E-state index contributed by atoms with van der Waals surface area (Å²) in [4.78, 5) is 10.2. The van der Waals surface area contributed by atoms with Gasteiger partial charge in [0.05, 0.1) is 6.61 Å². The van der Waals surface area contributed by atoms with Gasteiger partial charge in [-0.15, -0.1) is 0 Å². The minimum absolute atomic E-state index is 0.0169. The summed E-state index contributed by atoms with van der Waals surface area (Å²) in [6.45, 7) is 5.47. The summed E-state index contributed by atoms with van der Waals surface area (Å²) < 4.78 is 5.78. The van der Waals surface area contributed by atoms with Crippen LogP contribution in [0, 0.1) is 0 Å². The van der Waals surface area contributed by atoms with Crippen molar-refractivity contribution in [1.82, 2.24) is 5.32 Å². The van der Waals surface area contributed by atoms with Crippen LogP contribution >= 0.6 is 15.9 Å². The summed E-state index contributed by atoms with van der Waals surface area (Å²) in [5.41, 5.74) is 4.85. The molecule has 5 heteroatoms. The highest BCUT2D eigenvalue weighted by Crippen LogP contribution is 1.95. The van der Waals surface area contributed by atoms with Gasteiger partial charge in [-0.2, -0.15) is 0 Å². The van der Waals surface area contributed by atoms with Crippen LogP contribution in [0.3, 0.4) is 0 Å². The van der Waals surface area contributed by atoms with Crippen LogP contribution in [0.15, 0.2) is 11.1 Å². The van der Waals surface area contributed by atoms with Crippen molar-refractivity contribution in [3.05, 3.63) is 11.1 Å². The molecule has 0 aliphatic carbocycles. The number of halogens is 1. The van der Waals surface area contributed by atoms with E-state index < -0.39 is 5.91 Å². The van der Waals surface area contributed by atoms with E-state index in [1.807, 2.05) is 0 Å². The summed E-state index contributed by atoms with van der Waals surface area (Å²) in [6, 6.07) is 0. The van der Waals surface area contributed by atoms with Gasteiger partial charge in [-0.25, -0.2) is 0 Å². The standard InChI is InChI=1S/C7H13BrN2O2/c1-6(8)4-10-2-3-12-5-7(9)11/h10H,1-5H2,(H2,9,11). The third-order valence-corrected chi connectivity index (χ3v) is 1.26. The fourth-order valence-electron chi connectivity index (χ4n) is 0.541. The van der Waals surface area contributed by atoms with Crippen LogP contribution in [0.25, 0.3) is 0 Å². The molecule has 1 amide bonds. The maximum absolute atomic E-state index is 10.2. The molecular formula is C7H13BrN2O2. The molecular weight excluding hydrogens is 224 g/mol. The van der Waals surface area contributed by atoms with Crippen molar-refractivity contribution in [2.75, 3.05) is 26.3 Å². The van der Waals surface area contributed by atoms with Gasteiger partial charge in [0.1, 0.15) is 6.61 Å². The molecule has 0 atom stereocenters. The summed E-state index contributed by atoms with van der Waals surface area (Å²) in [5.74, 6) is -0.445. The largest absolute Gasteiger partial charge is 0.370 e. The van der Waals surface area contributed by atoms with Crippen LogP contribution in [0.4, 0.5) is 0 Å². The number of hydrogen-bond donors (Lipinski definition) is 2. The predicted molar refractivity (Wildman–Crippen MR) is 51.0 cm³/mol. The monoisotopic (exact) mass is 236 g/mol. The second kappa shape index (κ2) is 7.27. The van der Waals surface area contributed by atoms with Gasteiger partial charge in [-0.05, 0) is 0 Å². The Kier molecular flexibility index (Phi) is 7.03. The smallest absolute Gasteiger partial charge is 0.243 e. The average molecular weight is 237 g/mol. The van der Waals surface area contributed by atoms with E-state index in [1.54, 1.807) is 0 Å². The van der Waals surface area contributed by atoms with Crippen LogP contribution in [0.2, 0.25) is 0 Å².